The Morgan fingerprint density at radius 2 is 2.19 bits per heavy atom. The lowest BCUT2D eigenvalue weighted by Crippen LogP contribution is -2.11. The molecule has 0 atom stereocenters. The molecule has 0 aliphatic heterocycles. The number of carbonyl (C=O) groups is 1. The Morgan fingerprint density at radius 3 is 2.81 bits per heavy atom. The first-order chi connectivity index (χ1) is 10.1. The van der Waals surface area contributed by atoms with Crippen molar-refractivity contribution in [3.8, 4) is 0 Å². The third-order valence-electron chi connectivity index (χ3n) is 3.18. The average Bonchev–Trinajstić information content (AvgIpc) is 3.18. The summed E-state index contributed by atoms with van der Waals surface area (Å²) in [6, 6.07) is 5.06. The highest BCUT2D eigenvalue weighted by atomic mass is 35.5. The molecule has 0 radical (unpaired) electrons. The molecule has 0 saturated heterocycles. The molecule has 108 valence electrons. The molecule has 0 aliphatic rings. The van der Waals surface area contributed by atoms with E-state index in [-0.39, 0.29) is 11.7 Å². The summed E-state index contributed by atoms with van der Waals surface area (Å²) in [6.45, 7) is 4.16. The van der Waals surface area contributed by atoms with Gasteiger partial charge in [0.15, 0.2) is 5.76 Å². The van der Waals surface area contributed by atoms with Crippen LogP contribution in [0.15, 0.2) is 35.0 Å². The first kappa shape index (κ1) is 13.6. The predicted molar refractivity (Wildman–Crippen MR) is 76.5 cm³/mol. The summed E-state index contributed by atoms with van der Waals surface area (Å²) in [5, 5.41) is 8.87. The van der Waals surface area contributed by atoms with Crippen LogP contribution in [0.5, 0.6) is 0 Å². The Kier molecular flexibility index (Phi) is 3.39. The first-order valence-electron chi connectivity index (χ1n) is 6.39. The molecule has 3 aromatic rings. The fourth-order valence-electron chi connectivity index (χ4n) is 2.06. The van der Waals surface area contributed by atoms with Gasteiger partial charge in [-0.15, -0.1) is 0 Å². The lowest BCUT2D eigenvalue weighted by molar-refractivity contribution is 0.0915. The molecule has 3 rings (SSSR count). The topological polar surface area (TPSA) is 65.8 Å². The molecule has 0 spiro atoms. The largest absolute Gasteiger partial charge is 0.454 e. The van der Waals surface area contributed by atoms with Crippen LogP contribution in [-0.2, 0) is 6.54 Å². The van der Waals surface area contributed by atoms with Gasteiger partial charge in [0, 0.05) is 12.4 Å². The number of hydrogen-bond acceptors (Lipinski definition) is 4. The number of nitrogens with zero attached hydrogens (tertiary/aromatic N) is 4. The summed E-state index contributed by atoms with van der Waals surface area (Å²) in [6.07, 6.45) is 3.12. The molecule has 0 fully saturated rings. The van der Waals surface area contributed by atoms with E-state index in [1.165, 1.54) is 4.68 Å². The second kappa shape index (κ2) is 5.21. The molecule has 0 amide bonds. The normalized spacial score (nSPS) is 11.0. The molecule has 0 unspecified atom stereocenters. The van der Waals surface area contributed by atoms with Crippen LogP contribution >= 0.6 is 11.6 Å². The highest BCUT2D eigenvalue weighted by Gasteiger charge is 2.15. The van der Waals surface area contributed by atoms with Crippen LogP contribution in [0.1, 0.15) is 27.7 Å². The van der Waals surface area contributed by atoms with Crippen LogP contribution in [-0.4, -0.2) is 25.5 Å². The highest BCUT2D eigenvalue weighted by Crippen LogP contribution is 2.20. The number of aryl methyl sites for hydroxylation is 1. The maximum absolute atomic E-state index is 12.1. The number of carbonyl (C=O) groups excluding carboxylic acids is 1. The molecule has 7 heteroatoms. The van der Waals surface area contributed by atoms with Gasteiger partial charge in [-0.3, -0.25) is 9.48 Å². The van der Waals surface area contributed by atoms with E-state index in [0.29, 0.717) is 17.3 Å². The van der Waals surface area contributed by atoms with Gasteiger partial charge in [-0.25, -0.2) is 4.68 Å². The van der Waals surface area contributed by atoms with Crippen molar-refractivity contribution in [3.63, 3.8) is 0 Å². The molecule has 0 bridgehead atoms. The fraction of sp³-hybridized carbons (Fsp3) is 0.214. The van der Waals surface area contributed by atoms with Crippen molar-refractivity contribution in [1.82, 2.24) is 19.6 Å². The Balaban J connectivity index is 1.82. The van der Waals surface area contributed by atoms with Crippen molar-refractivity contribution in [3.05, 3.63) is 58.5 Å². The second-order valence-electron chi connectivity index (χ2n) is 4.66. The van der Waals surface area contributed by atoms with E-state index in [2.05, 4.69) is 10.2 Å². The van der Waals surface area contributed by atoms with Crippen LogP contribution in [0, 0.1) is 13.8 Å². The van der Waals surface area contributed by atoms with Crippen molar-refractivity contribution in [2.45, 2.75) is 20.4 Å². The molecular formula is C14H13ClN4O2. The van der Waals surface area contributed by atoms with Crippen molar-refractivity contribution in [2.24, 2.45) is 0 Å². The molecule has 0 N–H and O–H groups in total. The predicted octanol–water partition coefficient (Wildman–Crippen LogP) is 2.68. The van der Waals surface area contributed by atoms with Crippen LogP contribution in [0.2, 0.25) is 5.02 Å². The van der Waals surface area contributed by atoms with E-state index in [0.717, 1.165) is 11.4 Å². The lowest BCUT2D eigenvalue weighted by Gasteiger charge is -2.01. The first-order valence-corrected chi connectivity index (χ1v) is 6.76. The zero-order chi connectivity index (χ0) is 15.0. The van der Waals surface area contributed by atoms with Crippen molar-refractivity contribution >= 4 is 17.5 Å². The maximum atomic E-state index is 12.1. The van der Waals surface area contributed by atoms with Gasteiger partial charge in [-0.1, -0.05) is 11.6 Å². The van der Waals surface area contributed by atoms with Crippen molar-refractivity contribution < 1.29 is 9.21 Å². The smallest absolute Gasteiger partial charge is 0.313 e. The van der Waals surface area contributed by atoms with E-state index < -0.39 is 0 Å². The van der Waals surface area contributed by atoms with Crippen LogP contribution < -0.4 is 0 Å². The SMILES string of the molecule is Cc1nn(Cc2ccc(C(=O)n3cccn3)o2)c(C)c1Cl. The summed E-state index contributed by atoms with van der Waals surface area (Å²) in [5.41, 5.74) is 1.64. The third kappa shape index (κ3) is 2.50. The number of furan rings is 1. The minimum atomic E-state index is -0.308. The number of aromatic nitrogens is 4. The van der Waals surface area contributed by atoms with Gasteiger partial charge >= 0.3 is 5.91 Å². The third-order valence-corrected chi connectivity index (χ3v) is 3.73. The minimum Gasteiger partial charge on any atom is -0.454 e. The van der Waals surface area contributed by atoms with Gasteiger partial charge in [0.25, 0.3) is 0 Å². The van der Waals surface area contributed by atoms with Crippen LogP contribution in [0.4, 0.5) is 0 Å². The second-order valence-corrected chi connectivity index (χ2v) is 5.04. The van der Waals surface area contributed by atoms with E-state index in [4.69, 9.17) is 16.0 Å². The molecule has 3 aromatic heterocycles. The maximum Gasteiger partial charge on any atom is 0.313 e. The van der Waals surface area contributed by atoms with Crippen molar-refractivity contribution in [1.29, 1.82) is 0 Å². The van der Waals surface area contributed by atoms with Crippen LogP contribution in [0.3, 0.4) is 0 Å². The van der Waals surface area contributed by atoms with E-state index >= 15 is 0 Å². The summed E-state index contributed by atoms with van der Waals surface area (Å²) < 4.78 is 8.54. The standard InChI is InChI=1S/C14H13ClN4O2/c1-9-13(15)10(2)19(17-9)8-11-4-5-12(21-11)14(20)18-7-3-6-16-18/h3-7H,8H2,1-2H3. The number of rotatable bonds is 3. The van der Waals surface area contributed by atoms with Gasteiger partial charge in [-0.2, -0.15) is 10.2 Å². The van der Waals surface area contributed by atoms with E-state index in [1.807, 2.05) is 13.8 Å². The summed E-state index contributed by atoms with van der Waals surface area (Å²) >= 11 is 6.11. The van der Waals surface area contributed by atoms with Gasteiger partial charge < -0.3 is 4.42 Å². The molecule has 6 nitrogen and oxygen atoms in total. The van der Waals surface area contributed by atoms with Crippen LogP contribution in [0.25, 0.3) is 0 Å². The Bertz CT molecular complexity index is 786. The fourth-order valence-corrected chi connectivity index (χ4v) is 2.19. The van der Waals surface area contributed by atoms with Gasteiger partial charge in [0.1, 0.15) is 5.76 Å². The zero-order valence-corrected chi connectivity index (χ0v) is 12.3. The Hall–Kier alpha value is -2.34. The lowest BCUT2D eigenvalue weighted by atomic mass is 10.4. The summed E-state index contributed by atoms with van der Waals surface area (Å²) in [4.78, 5) is 12.1. The van der Waals surface area contributed by atoms with Gasteiger partial charge in [0.05, 0.1) is 23.0 Å². The number of halogens is 1. The van der Waals surface area contributed by atoms with Gasteiger partial charge in [0.2, 0.25) is 0 Å². The Labute approximate surface area is 125 Å². The summed E-state index contributed by atoms with van der Waals surface area (Å²) in [7, 11) is 0. The summed E-state index contributed by atoms with van der Waals surface area (Å²) in [5.74, 6) is 0.562. The average molecular weight is 305 g/mol. The van der Waals surface area contributed by atoms with E-state index in [9.17, 15) is 4.79 Å². The number of hydrogen-bond donors (Lipinski definition) is 0. The molecule has 21 heavy (non-hydrogen) atoms. The quantitative estimate of drug-likeness (QED) is 0.746. The molecule has 0 aliphatic carbocycles. The van der Waals surface area contributed by atoms with Gasteiger partial charge in [-0.05, 0) is 32.0 Å². The minimum absolute atomic E-state index is 0.237. The van der Waals surface area contributed by atoms with Crippen molar-refractivity contribution in [2.75, 3.05) is 0 Å². The molecule has 3 heterocycles. The zero-order valence-electron chi connectivity index (χ0n) is 11.6. The Morgan fingerprint density at radius 1 is 1.38 bits per heavy atom. The molecule has 0 saturated carbocycles. The monoisotopic (exact) mass is 304 g/mol. The molecular weight excluding hydrogens is 292 g/mol. The highest BCUT2D eigenvalue weighted by molar-refractivity contribution is 6.31. The van der Waals surface area contributed by atoms with E-state index in [1.54, 1.807) is 35.3 Å². The molecule has 0 aromatic carbocycles.